The molecule has 2 saturated carbocycles. The van der Waals surface area contributed by atoms with E-state index in [1.54, 1.807) is 23.5 Å². The Hall–Kier alpha value is -2.79. The molecule has 3 fully saturated rings. The van der Waals surface area contributed by atoms with Crippen molar-refractivity contribution >= 4 is 11.6 Å². The van der Waals surface area contributed by atoms with Gasteiger partial charge in [-0.2, -0.15) is 0 Å². The third-order valence-corrected chi connectivity index (χ3v) is 10.6. The minimum atomic E-state index is 0.246. The van der Waals surface area contributed by atoms with Gasteiger partial charge in [-0.05, 0) is 84.1 Å². The zero-order chi connectivity index (χ0) is 25.7. The molecule has 0 radical (unpaired) electrons. The fourth-order valence-corrected chi connectivity index (χ4v) is 8.61. The molecule has 5 nitrogen and oxygen atoms in total. The van der Waals surface area contributed by atoms with Gasteiger partial charge >= 0.3 is 0 Å². The van der Waals surface area contributed by atoms with Crippen molar-refractivity contribution in [2.24, 2.45) is 17.3 Å². The molecule has 4 aliphatic carbocycles. The Morgan fingerprint density at radius 3 is 2.63 bits per heavy atom. The molecule has 1 aromatic carbocycles. The fraction of sp³-hybridized carbons (Fsp3) is 0.545. The molecule has 0 N–H and O–H groups in total. The van der Waals surface area contributed by atoms with E-state index in [0.717, 1.165) is 56.8 Å². The van der Waals surface area contributed by atoms with Crippen molar-refractivity contribution in [2.45, 2.75) is 70.8 Å². The molecule has 1 aliphatic heterocycles. The van der Waals surface area contributed by atoms with Gasteiger partial charge in [-0.3, -0.25) is 14.7 Å². The van der Waals surface area contributed by atoms with Gasteiger partial charge < -0.3 is 4.90 Å². The van der Waals surface area contributed by atoms with Gasteiger partial charge in [0.05, 0.1) is 6.20 Å². The molecule has 1 aromatic heterocycles. The van der Waals surface area contributed by atoms with Crippen LogP contribution in [-0.4, -0.2) is 46.8 Å². The molecule has 0 spiro atoms. The molecular weight excluding hydrogens is 468 g/mol. The van der Waals surface area contributed by atoms with Crippen LogP contribution in [0.4, 0.5) is 5.82 Å². The molecule has 5 heteroatoms. The second kappa shape index (κ2) is 9.75. The van der Waals surface area contributed by atoms with Crippen molar-refractivity contribution in [1.29, 1.82) is 0 Å². The summed E-state index contributed by atoms with van der Waals surface area (Å²) in [6, 6.07) is 9.28. The zero-order valence-electron chi connectivity index (χ0n) is 22.7. The normalized spacial score (nSPS) is 31.5. The lowest BCUT2D eigenvalue weighted by molar-refractivity contribution is -0.115. The van der Waals surface area contributed by atoms with Crippen molar-refractivity contribution in [1.82, 2.24) is 14.9 Å². The van der Waals surface area contributed by atoms with Crippen LogP contribution in [0.1, 0.15) is 75.3 Å². The highest BCUT2D eigenvalue weighted by Gasteiger charge is 2.49. The molecule has 4 atom stereocenters. The maximum Gasteiger partial charge on any atom is 0.156 e. The predicted molar refractivity (Wildman–Crippen MR) is 151 cm³/mol. The standard InChI is InChI=1S/C33H40N4O/c1-33-11-2-3-30(33)27-9-8-25-19-26(38)20-29(32(25)28(27)10-12-33)24-6-4-23(5-7-24)22-36-15-17-37(18-16-36)31-21-34-13-14-35-31/h4-7,13-14,19,21,27,29-30H,2-3,8-12,15-18,20,22H2,1H3/t27-,29?,30+,33+/m1/s1. The average molecular weight is 509 g/mol. The maximum absolute atomic E-state index is 12.8. The Labute approximate surface area is 227 Å². The van der Waals surface area contributed by atoms with E-state index >= 15 is 0 Å². The fourth-order valence-electron chi connectivity index (χ4n) is 8.61. The molecule has 38 heavy (non-hydrogen) atoms. The van der Waals surface area contributed by atoms with Crippen molar-refractivity contribution < 1.29 is 4.79 Å². The first-order chi connectivity index (χ1) is 18.6. The van der Waals surface area contributed by atoms with Gasteiger partial charge in [0.1, 0.15) is 5.82 Å². The number of fused-ring (bicyclic) bond motifs is 4. The first kappa shape index (κ1) is 24.3. The first-order valence-corrected chi connectivity index (χ1v) is 14.9. The number of carbonyl (C=O) groups is 1. The molecule has 1 unspecified atom stereocenters. The SMILES string of the molecule is C[C@@]12CCC[C@H]1[C@@H]1CCC3=CC(=O)CC(c4ccc(CN5CCN(c6cnccn6)CC5)cc4)C3=C1CC2. The highest BCUT2D eigenvalue weighted by atomic mass is 16.1. The molecule has 2 heterocycles. The van der Waals surface area contributed by atoms with Crippen molar-refractivity contribution in [3.05, 3.63) is 76.8 Å². The number of nitrogens with zero attached hydrogens (tertiary/aromatic N) is 4. The Morgan fingerprint density at radius 1 is 1.00 bits per heavy atom. The van der Waals surface area contributed by atoms with Gasteiger partial charge in [0.25, 0.3) is 0 Å². The Balaban J connectivity index is 1.08. The highest BCUT2D eigenvalue weighted by molar-refractivity contribution is 5.94. The van der Waals surface area contributed by atoms with Gasteiger partial charge in [0.2, 0.25) is 0 Å². The van der Waals surface area contributed by atoms with Gasteiger partial charge in [0, 0.05) is 57.5 Å². The number of piperazine rings is 1. The zero-order valence-corrected chi connectivity index (χ0v) is 22.7. The first-order valence-electron chi connectivity index (χ1n) is 14.9. The van der Waals surface area contributed by atoms with E-state index in [0.29, 0.717) is 17.6 Å². The average Bonchev–Trinajstić information content (AvgIpc) is 3.35. The number of hydrogen-bond acceptors (Lipinski definition) is 5. The lowest BCUT2D eigenvalue weighted by atomic mass is 9.56. The Morgan fingerprint density at radius 2 is 1.84 bits per heavy atom. The van der Waals surface area contributed by atoms with Crippen LogP contribution in [0.2, 0.25) is 0 Å². The number of ketones is 1. The van der Waals surface area contributed by atoms with Crippen LogP contribution in [0, 0.1) is 17.3 Å². The van der Waals surface area contributed by atoms with Crippen molar-refractivity contribution in [3.63, 3.8) is 0 Å². The van der Waals surface area contributed by atoms with Gasteiger partial charge in [-0.25, -0.2) is 4.98 Å². The Kier molecular flexibility index (Phi) is 6.23. The summed E-state index contributed by atoms with van der Waals surface area (Å²) in [5.74, 6) is 3.15. The smallest absolute Gasteiger partial charge is 0.156 e. The number of rotatable bonds is 4. The number of aromatic nitrogens is 2. The summed E-state index contributed by atoms with van der Waals surface area (Å²) in [6.07, 6.45) is 17.2. The summed E-state index contributed by atoms with van der Waals surface area (Å²) in [5, 5.41) is 0. The lowest BCUT2D eigenvalue weighted by Gasteiger charge is -2.48. The summed E-state index contributed by atoms with van der Waals surface area (Å²) in [7, 11) is 0. The van der Waals surface area contributed by atoms with Crippen LogP contribution in [0.3, 0.4) is 0 Å². The molecule has 198 valence electrons. The second-order valence-electron chi connectivity index (χ2n) is 12.7. The van der Waals surface area contributed by atoms with Gasteiger partial charge in [-0.15, -0.1) is 0 Å². The third kappa shape index (κ3) is 4.33. The Bertz CT molecular complexity index is 1260. The summed E-state index contributed by atoms with van der Waals surface area (Å²) in [5.41, 5.74) is 7.92. The number of benzene rings is 1. The largest absolute Gasteiger partial charge is 0.353 e. The predicted octanol–water partition coefficient (Wildman–Crippen LogP) is 6.09. The van der Waals surface area contributed by atoms with Crippen LogP contribution in [0.5, 0.6) is 0 Å². The number of anilines is 1. The number of allylic oxidation sites excluding steroid dienone is 4. The molecule has 2 aromatic rings. The van der Waals surface area contributed by atoms with E-state index in [9.17, 15) is 4.79 Å². The van der Waals surface area contributed by atoms with Crippen molar-refractivity contribution in [2.75, 3.05) is 31.1 Å². The highest BCUT2D eigenvalue weighted by Crippen LogP contribution is 2.61. The third-order valence-electron chi connectivity index (χ3n) is 10.6. The minimum absolute atomic E-state index is 0.246. The van der Waals surface area contributed by atoms with E-state index in [1.807, 2.05) is 12.3 Å². The molecule has 5 aliphatic rings. The molecule has 7 rings (SSSR count). The summed E-state index contributed by atoms with van der Waals surface area (Å²) < 4.78 is 0. The quantitative estimate of drug-likeness (QED) is 0.500. The molecule has 0 amide bonds. The summed E-state index contributed by atoms with van der Waals surface area (Å²) in [6.45, 7) is 7.55. The molecule has 1 saturated heterocycles. The molecular formula is C33H40N4O. The summed E-state index contributed by atoms with van der Waals surface area (Å²) >= 11 is 0. The van der Waals surface area contributed by atoms with E-state index in [2.05, 4.69) is 51.0 Å². The summed E-state index contributed by atoms with van der Waals surface area (Å²) in [4.78, 5) is 26.4. The number of carbonyl (C=O) groups excluding carboxylic acids is 1. The van der Waals surface area contributed by atoms with Crippen LogP contribution >= 0.6 is 0 Å². The van der Waals surface area contributed by atoms with Gasteiger partial charge in [0.15, 0.2) is 5.78 Å². The van der Waals surface area contributed by atoms with Crippen LogP contribution < -0.4 is 4.90 Å². The lowest BCUT2D eigenvalue weighted by Crippen LogP contribution is -2.46. The topological polar surface area (TPSA) is 49.3 Å². The monoisotopic (exact) mass is 508 g/mol. The van der Waals surface area contributed by atoms with E-state index in [4.69, 9.17) is 0 Å². The maximum atomic E-state index is 12.8. The van der Waals surface area contributed by atoms with Crippen LogP contribution in [0.15, 0.2) is 65.7 Å². The van der Waals surface area contributed by atoms with E-state index < -0.39 is 0 Å². The van der Waals surface area contributed by atoms with Gasteiger partial charge in [-0.1, -0.05) is 43.2 Å². The van der Waals surface area contributed by atoms with Crippen molar-refractivity contribution in [3.8, 4) is 0 Å². The van der Waals surface area contributed by atoms with E-state index in [-0.39, 0.29) is 5.92 Å². The number of hydrogen-bond donors (Lipinski definition) is 0. The minimum Gasteiger partial charge on any atom is -0.353 e. The molecule has 0 bridgehead atoms. The second-order valence-corrected chi connectivity index (χ2v) is 12.7. The van der Waals surface area contributed by atoms with E-state index in [1.165, 1.54) is 55.2 Å². The van der Waals surface area contributed by atoms with Crippen LogP contribution in [0.25, 0.3) is 0 Å². The van der Waals surface area contributed by atoms with Crippen LogP contribution in [-0.2, 0) is 11.3 Å².